The minimum Gasteiger partial charge on any atom is -0.466 e. The molecule has 3 unspecified atom stereocenters. The van der Waals surface area contributed by atoms with E-state index >= 15 is 0 Å². The number of ether oxygens (including phenoxy) is 1. The standard InChI is InChI=1S/C19H22N4O3/c1-4-26-18(25)14-11(3)9-13-16(17(24)22-19(21-13)23-20)15(14)12-7-5-10(2)6-8-12/h5-9,14-16H,4,20H2,1-3H3,(H,22,23,24). The van der Waals surface area contributed by atoms with Crippen molar-refractivity contribution in [1.29, 1.82) is 0 Å². The lowest BCUT2D eigenvalue weighted by Crippen LogP contribution is -2.50. The number of nitrogens with two attached hydrogens (primary N) is 1. The predicted molar refractivity (Wildman–Crippen MR) is 98.5 cm³/mol. The van der Waals surface area contributed by atoms with E-state index in [0.29, 0.717) is 5.71 Å². The summed E-state index contributed by atoms with van der Waals surface area (Å²) in [7, 11) is 0. The molecule has 0 aromatic heterocycles. The van der Waals surface area contributed by atoms with E-state index in [1.54, 1.807) is 13.0 Å². The Labute approximate surface area is 152 Å². The van der Waals surface area contributed by atoms with Crippen molar-refractivity contribution in [2.75, 3.05) is 6.61 Å². The van der Waals surface area contributed by atoms with Gasteiger partial charge in [-0.25, -0.2) is 4.99 Å². The summed E-state index contributed by atoms with van der Waals surface area (Å²) in [6, 6.07) is 7.83. The lowest BCUT2D eigenvalue weighted by atomic mass is 9.67. The van der Waals surface area contributed by atoms with Gasteiger partial charge in [-0.05, 0) is 32.4 Å². The van der Waals surface area contributed by atoms with Crippen molar-refractivity contribution in [2.24, 2.45) is 27.8 Å². The van der Waals surface area contributed by atoms with Crippen LogP contribution in [0.25, 0.3) is 0 Å². The number of aliphatic imine (C=N–C) groups is 1. The van der Waals surface area contributed by atoms with Crippen LogP contribution in [-0.4, -0.2) is 30.2 Å². The van der Waals surface area contributed by atoms with Crippen LogP contribution in [0.2, 0.25) is 0 Å². The molecule has 1 amide bonds. The zero-order valence-electron chi connectivity index (χ0n) is 15.0. The molecule has 3 rings (SSSR count). The van der Waals surface area contributed by atoms with Crippen molar-refractivity contribution in [3.63, 3.8) is 0 Å². The maximum Gasteiger partial charge on any atom is 0.313 e. The fraction of sp³-hybridized carbons (Fsp3) is 0.368. The number of allylic oxidation sites excluding steroid dienone is 1. The molecule has 0 bridgehead atoms. The van der Waals surface area contributed by atoms with Gasteiger partial charge in [0.05, 0.1) is 24.2 Å². The molecule has 0 fully saturated rings. The monoisotopic (exact) mass is 354 g/mol. The Morgan fingerprint density at radius 2 is 2.00 bits per heavy atom. The van der Waals surface area contributed by atoms with Crippen LogP contribution in [0.15, 0.2) is 46.0 Å². The van der Waals surface area contributed by atoms with Crippen LogP contribution in [0.4, 0.5) is 0 Å². The van der Waals surface area contributed by atoms with Crippen LogP contribution >= 0.6 is 0 Å². The van der Waals surface area contributed by atoms with Gasteiger partial charge in [-0.1, -0.05) is 35.4 Å². The first-order chi connectivity index (χ1) is 12.5. The number of benzene rings is 1. The molecular formula is C19H22N4O3. The fourth-order valence-corrected chi connectivity index (χ4v) is 3.61. The van der Waals surface area contributed by atoms with Crippen molar-refractivity contribution < 1.29 is 14.3 Å². The summed E-state index contributed by atoms with van der Waals surface area (Å²) in [4.78, 5) is 29.8. The molecule has 0 saturated heterocycles. The molecular weight excluding hydrogens is 332 g/mol. The number of nitrogens with zero attached hydrogens (tertiary/aromatic N) is 2. The molecule has 0 saturated carbocycles. The lowest BCUT2D eigenvalue weighted by Gasteiger charge is -2.38. The molecule has 7 nitrogen and oxygen atoms in total. The van der Waals surface area contributed by atoms with Crippen LogP contribution in [-0.2, 0) is 14.3 Å². The van der Waals surface area contributed by atoms with Crippen molar-refractivity contribution in [3.05, 3.63) is 47.0 Å². The van der Waals surface area contributed by atoms with Gasteiger partial charge in [-0.15, -0.1) is 5.10 Å². The van der Waals surface area contributed by atoms with Gasteiger partial charge in [0.15, 0.2) is 0 Å². The number of amides is 1. The maximum absolute atomic E-state index is 12.8. The highest BCUT2D eigenvalue weighted by atomic mass is 16.5. The molecule has 1 aromatic rings. The molecule has 1 aliphatic carbocycles. The number of hydrogen-bond donors (Lipinski definition) is 2. The molecule has 0 spiro atoms. The molecule has 2 aliphatic rings. The average Bonchev–Trinajstić information content (AvgIpc) is 2.61. The van der Waals surface area contributed by atoms with Gasteiger partial charge in [0, 0.05) is 5.92 Å². The average molecular weight is 354 g/mol. The van der Waals surface area contributed by atoms with Crippen LogP contribution in [0.5, 0.6) is 0 Å². The number of hydrogen-bond acceptors (Lipinski definition) is 5. The van der Waals surface area contributed by atoms with Crippen LogP contribution in [0.1, 0.15) is 30.9 Å². The Morgan fingerprint density at radius 3 is 2.62 bits per heavy atom. The topological polar surface area (TPSA) is 106 Å². The first-order valence-electron chi connectivity index (χ1n) is 8.55. The van der Waals surface area contributed by atoms with Crippen molar-refractivity contribution in [1.82, 2.24) is 5.32 Å². The van der Waals surface area contributed by atoms with E-state index in [1.165, 1.54) is 0 Å². The number of carbonyl (C=O) groups excluding carboxylic acids is 2. The van der Waals surface area contributed by atoms with Gasteiger partial charge >= 0.3 is 5.97 Å². The van der Waals surface area contributed by atoms with Gasteiger partial charge < -0.3 is 10.6 Å². The number of carbonyl (C=O) groups is 2. The minimum atomic E-state index is -0.610. The highest BCUT2D eigenvalue weighted by molar-refractivity contribution is 6.22. The molecule has 3 atom stereocenters. The van der Waals surface area contributed by atoms with Gasteiger partial charge in [-0.2, -0.15) is 0 Å². The van der Waals surface area contributed by atoms with E-state index in [0.717, 1.165) is 16.7 Å². The third-order valence-electron chi connectivity index (χ3n) is 4.78. The Kier molecular flexibility index (Phi) is 4.88. The van der Waals surface area contributed by atoms with Crippen molar-refractivity contribution in [2.45, 2.75) is 26.7 Å². The number of aryl methyl sites for hydroxylation is 1. The van der Waals surface area contributed by atoms with E-state index in [9.17, 15) is 9.59 Å². The van der Waals surface area contributed by atoms with Crippen molar-refractivity contribution >= 4 is 23.5 Å². The number of esters is 1. The Balaban J connectivity index is 2.16. The Hall–Kier alpha value is -2.96. The number of rotatable bonds is 3. The molecule has 1 heterocycles. The summed E-state index contributed by atoms with van der Waals surface area (Å²) in [6.07, 6.45) is 1.76. The summed E-state index contributed by atoms with van der Waals surface area (Å²) in [5.41, 5.74) is 3.35. The Morgan fingerprint density at radius 1 is 1.31 bits per heavy atom. The number of nitrogens with one attached hydrogen (secondary N) is 1. The zero-order chi connectivity index (χ0) is 18.8. The molecule has 0 radical (unpaired) electrons. The molecule has 1 aliphatic heterocycles. The normalized spacial score (nSPS) is 26.5. The maximum atomic E-state index is 12.8. The van der Waals surface area contributed by atoms with Crippen LogP contribution < -0.4 is 11.2 Å². The molecule has 3 N–H and O–H groups in total. The summed E-state index contributed by atoms with van der Waals surface area (Å²) in [6.45, 7) is 5.89. The minimum absolute atomic E-state index is 0.0718. The van der Waals surface area contributed by atoms with Crippen LogP contribution in [0, 0.1) is 18.8 Å². The summed E-state index contributed by atoms with van der Waals surface area (Å²) >= 11 is 0. The van der Waals surface area contributed by atoms with Gasteiger partial charge in [0.1, 0.15) is 0 Å². The molecule has 26 heavy (non-hydrogen) atoms. The highest BCUT2D eigenvalue weighted by Gasteiger charge is 2.47. The first kappa shape index (κ1) is 17.8. The van der Waals surface area contributed by atoms with E-state index in [1.807, 2.05) is 38.1 Å². The SMILES string of the molecule is CCOC(=O)C1C(C)=CC2=N/C(=N/N)NC(=O)C2C1c1ccc(C)cc1. The smallest absolute Gasteiger partial charge is 0.313 e. The van der Waals surface area contributed by atoms with Gasteiger partial charge in [-0.3, -0.25) is 14.9 Å². The first-order valence-corrected chi connectivity index (χ1v) is 8.55. The zero-order valence-corrected chi connectivity index (χ0v) is 15.0. The summed E-state index contributed by atoms with van der Waals surface area (Å²) < 4.78 is 5.29. The quantitative estimate of drug-likeness (QED) is 0.489. The lowest BCUT2D eigenvalue weighted by molar-refractivity contribution is -0.148. The van der Waals surface area contributed by atoms with Gasteiger partial charge in [0.25, 0.3) is 0 Å². The number of fused-ring (bicyclic) bond motifs is 1. The highest BCUT2D eigenvalue weighted by Crippen LogP contribution is 2.42. The Bertz CT molecular complexity index is 824. The third-order valence-corrected chi connectivity index (χ3v) is 4.78. The third kappa shape index (κ3) is 3.12. The second-order valence-electron chi connectivity index (χ2n) is 6.51. The number of hydrazone groups is 1. The second kappa shape index (κ2) is 7.11. The van der Waals surface area contributed by atoms with E-state index < -0.39 is 17.8 Å². The number of guanidine groups is 1. The summed E-state index contributed by atoms with van der Waals surface area (Å²) in [5.74, 6) is 3.16. The molecule has 1 aromatic carbocycles. The van der Waals surface area contributed by atoms with Gasteiger partial charge in [0.2, 0.25) is 11.9 Å². The van der Waals surface area contributed by atoms with E-state index in [-0.39, 0.29) is 24.4 Å². The van der Waals surface area contributed by atoms with E-state index in [4.69, 9.17) is 10.6 Å². The predicted octanol–water partition coefficient (Wildman–Crippen LogP) is 1.63. The fourth-order valence-electron chi connectivity index (χ4n) is 3.61. The van der Waals surface area contributed by atoms with Crippen molar-refractivity contribution in [3.8, 4) is 0 Å². The second-order valence-corrected chi connectivity index (χ2v) is 6.51. The van der Waals surface area contributed by atoms with E-state index in [2.05, 4.69) is 15.4 Å². The molecule has 7 heteroatoms. The van der Waals surface area contributed by atoms with Crippen LogP contribution in [0.3, 0.4) is 0 Å². The molecule has 136 valence electrons. The summed E-state index contributed by atoms with van der Waals surface area (Å²) in [5, 5.41) is 6.08. The largest absolute Gasteiger partial charge is 0.466 e.